The van der Waals surface area contributed by atoms with Gasteiger partial charge in [0, 0.05) is 23.7 Å². The molecule has 6 heteroatoms. The van der Waals surface area contributed by atoms with E-state index in [1.165, 1.54) is 18.2 Å². The van der Waals surface area contributed by atoms with Gasteiger partial charge in [-0.3, -0.25) is 14.9 Å². The molecule has 1 atom stereocenters. The Kier molecular flexibility index (Phi) is 4.40. The van der Waals surface area contributed by atoms with Crippen LogP contribution in [0.3, 0.4) is 0 Å². The van der Waals surface area contributed by atoms with Gasteiger partial charge in [-0.15, -0.1) is 12.3 Å². The molecule has 0 heterocycles. The normalized spacial score (nSPS) is 11.4. The zero-order valence-electron chi connectivity index (χ0n) is 9.84. The molecule has 0 saturated carbocycles. The van der Waals surface area contributed by atoms with E-state index in [0.717, 1.165) is 0 Å². The summed E-state index contributed by atoms with van der Waals surface area (Å²) in [6.45, 7) is 1.59. The van der Waals surface area contributed by atoms with Gasteiger partial charge in [-0.25, -0.2) is 0 Å². The number of carbonyl (C=O) groups is 1. The molecule has 94 valence electrons. The van der Waals surface area contributed by atoms with Gasteiger partial charge in [0.2, 0.25) is 5.91 Å². The SMILES string of the molecule is C#CCC(N)C(=O)Nc1ccc([N+](=O)[O-])c(C)c1. The van der Waals surface area contributed by atoms with Gasteiger partial charge in [-0.2, -0.15) is 0 Å². The molecule has 0 fully saturated rings. The largest absolute Gasteiger partial charge is 0.325 e. The molecule has 0 aliphatic rings. The number of nitrogens with one attached hydrogen (secondary N) is 1. The van der Waals surface area contributed by atoms with Crippen LogP contribution in [-0.4, -0.2) is 16.9 Å². The molecule has 0 spiro atoms. The summed E-state index contributed by atoms with van der Waals surface area (Å²) in [7, 11) is 0. The molecule has 0 aromatic heterocycles. The molecule has 0 aliphatic carbocycles. The van der Waals surface area contributed by atoms with Gasteiger partial charge in [-0.05, 0) is 19.1 Å². The van der Waals surface area contributed by atoms with Gasteiger partial charge in [0.05, 0.1) is 11.0 Å². The highest BCUT2D eigenvalue weighted by Gasteiger charge is 2.14. The molecule has 0 radical (unpaired) electrons. The minimum Gasteiger partial charge on any atom is -0.325 e. The average molecular weight is 247 g/mol. The van der Waals surface area contributed by atoms with Gasteiger partial charge in [0.25, 0.3) is 5.69 Å². The van der Waals surface area contributed by atoms with Crippen LogP contribution in [-0.2, 0) is 4.79 Å². The summed E-state index contributed by atoms with van der Waals surface area (Å²) in [5, 5.41) is 13.2. The van der Waals surface area contributed by atoms with E-state index in [0.29, 0.717) is 11.3 Å². The number of aryl methyl sites for hydroxylation is 1. The molecule has 0 bridgehead atoms. The summed E-state index contributed by atoms with van der Waals surface area (Å²) in [6, 6.07) is 3.51. The topological polar surface area (TPSA) is 98.3 Å². The number of carbonyl (C=O) groups excluding carboxylic acids is 1. The molecule has 1 unspecified atom stereocenters. The van der Waals surface area contributed by atoms with E-state index in [-0.39, 0.29) is 12.1 Å². The fourth-order valence-electron chi connectivity index (χ4n) is 1.39. The van der Waals surface area contributed by atoms with E-state index in [1.807, 2.05) is 0 Å². The van der Waals surface area contributed by atoms with E-state index in [9.17, 15) is 14.9 Å². The van der Waals surface area contributed by atoms with Crippen LogP contribution in [0.2, 0.25) is 0 Å². The van der Waals surface area contributed by atoms with Crippen molar-refractivity contribution in [2.75, 3.05) is 5.32 Å². The first kappa shape index (κ1) is 13.7. The third-order valence-electron chi connectivity index (χ3n) is 2.34. The number of nitro benzene ring substituents is 1. The van der Waals surface area contributed by atoms with Crippen molar-refractivity contribution in [2.24, 2.45) is 5.73 Å². The first-order chi connectivity index (χ1) is 8.45. The Morgan fingerprint density at radius 2 is 2.33 bits per heavy atom. The maximum Gasteiger partial charge on any atom is 0.272 e. The Morgan fingerprint density at radius 1 is 1.67 bits per heavy atom. The molecule has 3 N–H and O–H groups in total. The Labute approximate surface area is 104 Å². The predicted octanol–water partition coefficient (Wildman–Crippen LogP) is 1.19. The number of anilines is 1. The van der Waals surface area contributed by atoms with Crippen LogP contribution >= 0.6 is 0 Å². The summed E-state index contributed by atoms with van der Waals surface area (Å²) in [5.41, 5.74) is 6.45. The van der Waals surface area contributed by atoms with Gasteiger partial charge in [0.15, 0.2) is 0 Å². The number of amides is 1. The number of nitrogens with zero attached hydrogens (tertiary/aromatic N) is 1. The third-order valence-corrected chi connectivity index (χ3v) is 2.34. The van der Waals surface area contributed by atoms with Gasteiger partial charge in [-0.1, -0.05) is 0 Å². The molecular weight excluding hydrogens is 234 g/mol. The lowest BCUT2D eigenvalue weighted by Crippen LogP contribution is -2.35. The summed E-state index contributed by atoms with van der Waals surface area (Å²) >= 11 is 0. The lowest BCUT2D eigenvalue weighted by atomic mass is 10.1. The number of rotatable bonds is 4. The van der Waals surface area contributed by atoms with Crippen molar-refractivity contribution in [3.8, 4) is 12.3 Å². The smallest absolute Gasteiger partial charge is 0.272 e. The predicted molar refractivity (Wildman–Crippen MR) is 67.9 cm³/mol. The second-order valence-corrected chi connectivity index (χ2v) is 3.76. The minimum absolute atomic E-state index is 0.000854. The first-order valence-electron chi connectivity index (χ1n) is 5.20. The highest BCUT2D eigenvalue weighted by molar-refractivity contribution is 5.95. The molecule has 0 saturated heterocycles. The number of hydrogen-bond donors (Lipinski definition) is 2. The van der Waals surface area contributed by atoms with E-state index in [4.69, 9.17) is 12.2 Å². The van der Waals surface area contributed by atoms with Gasteiger partial charge in [0.1, 0.15) is 0 Å². The van der Waals surface area contributed by atoms with Crippen molar-refractivity contribution >= 4 is 17.3 Å². The van der Waals surface area contributed by atoms with Crippen LogP contribution in [0.15, 0.2) is 18.2 Å². The van der Waals surface area contributed by atoms with Crippen LogP contribution in [0.4, 0.5) is 11.4 Å². The number of benzene rings is 1. The van der Waals surface area contributed by atoms with Crippen molar-refractivity contribution in [3.05, 3.63) is 33.9 Å². The van der Waals surface area contributed by atoms with E-state index < -0.39 is 16.9 Å². The quantitative estimate of drug-likeness (QED) is 0.474. The molecule has 6 nitrogen and oxygen atoms in total. The van der Waals surface area contributed by atoms with Crippen LogP contribution in [0, 0.1) is 29.4 Å². The maximum absolute atomic E-state index is 11.6. The van der Waals surface area contributed by atoms with E-state index in [1.54, 1.807) is 6.92 Å². The van der Waals surface area contributed by atoms with Crippen LogP contribution in [0.25, 0.3) is 0 Å². The van der Waals surface area contributed by atoms with Gasteiger partial charge >= 0.3 is 0 Å². The summed E-state index contributed by atoms with van der Waals surface area (Å²) in [6.07, 6.45) is 5.19. The molecule has 0 aliphatic heterocycles. The number of nitro groups is 1. The van der Waals surface area contributed by atoms with Crippen LogP contribution < -0.4 is 11.1 Å². The monoisotopic (exact) mass is 247 g/mol. The highest BCUT2D eigenvalue weighted by Crippen LogP contribution is 2.21. The Balaban J connectivity index is 2.81. The van der Waals surface area contributed by atoms with Crippen molar-refractivity contribution < 1.29 is 9.72 Å². The Hall–Kier alpha value is -2.39. The fraction of sp³-hybridized carbons (Fsp3) is 0.250. The van der Waals surface area contributed by atoms with Crippen LogP contribution in [0.1, 0.15) is 12.0 Å². The molecule has 18 heavy (non-hydrogen) atoms. The first-order valence-corrected chi connectivity index (χ1v) is 5.20. The number of hydrogen-bond acceptors (Lipinski definition) is 4. The molecule has 1 aromatic rings. The molecular formula is C12H13N3O3. The lowest BCUT2D eigenvalue weighted by Gasteiger charge is -2.10. The number of nitrogens with two attached hydrogens (primary N) is 1. The maximum atomic E-state index is 11.6. The summed E-state index contributed by atoms with van der Waals surface area (Å²) in [5.74, 6) is 1.88. The van der Waals surface area contributed by atoms with E-state index >= 15 is 0 Å². The van der Waals surface area contributed by atoms with Crippen molar-refractivity contribution in [1.82, 2.24) is 0 Å². The second kappa shape index (κ2) is 5.80. The van der Waals surface area contributed by atoms with Crippen molar-refractivity contribution in [1.29, 1.82) is 0 Å². The Morgan fingerprint density at radius 3 is 2.83 bits per heavy atom. The summed E-state index contributed by atoms with van der Waals surface area (Å²) < 4.78 is 0. The Bertz CT molecular complexity index is 520. The lowest BCUT2D eigenvalue weighted by molar-refractivity contribution is -0.385. The molecule has 1 amide bonds. The highest BCUT2D eigenvalue weighted by atomic mass is 16.6. The van der Waals surface area contributed by atoms with Gasteiger partial charge < -0.3 is 11.1 Å². The summed E-state index contributed by atoms with van der Waals surface area (Å²) in [4.78, 5) is 21.7. The fourth-order valence-corrected chi connectivity index (χ4v) is 1.39. The minimum atomic E-state index is -0.787. The molecule has 1 aromatic carbocycles. The second-order valence-electron chi connectivity index (χ2n) is 3.76. The zero-order valence-corrected chi connectivity index (χ0v) is 9.84. The van der Waals surface area contributed by atoms with Crippen LogP contribution in [0.5, 0.6) is 0 Å². The van der Waals surface area contributed by atoms with Crippen molar-refractivity contribution in [3.63, 3.8) is 0 Å². The van der Waals surface area contributed by atoms with E-state index in [2.05, 4.69) is 11.2 Å². The number of terminal acetylenes is 1. The average Bonchev–Trinajstić information content (AvgIpc) is 2.28. The van der Waals surface area contributed by atoms with Crippen molar-refractivity contribution in [2.45, 2.75) is 19.4 Å². The molecule has 1 rings (SSSR count). The third kappa shape index (κ3) is 3.30. The zero-order chi connectivity index (χ0) is 13.7. The standard InChI is InChI=1S/C12H13N3O3/c1-3-4-10(13)12(16)14-9-5-6-11(15(17)18)8(2)7-9/h1,5-7,10H,4,13H2,2H3,(H,14,16).